The molecule has 3 aromatic carbocycles. The number of hydrogen-bond acceptors (Lipinski definition) is 4. The van der Waals surface area contributed by atoms with E-state index in [1.807, 2.05) is 13.0 Å². The number of aryl methyl sites for hydroxylation is 1. The Balaban J connectivity index is 2.02. The molecule has 0 aliphatic carbocycles. The molecule has 0 unspecified atom stereocenters. The fourth-order valence-electron chi connectivity index (χ4n) is 3.62. The number of likely N-dealkylation sites (N-methyl/N-ethyl adjacent to an activating group) is 1. The van der Waals surface area contributed by atoms with Crippen molar-refractivity contribution in [2.75, 3.05) is 17.9 Å². The van der Waals surface area contributed by atoms with Gasteiger partial charge in [0.2, 0.25) is 11.8 Å². The molecule has 3 rings (SSSR count). The number of nitrogens with one attached hydrogen (secondary N) is 1. The summed E-state index contributed by atoms with van der Waals surface area (Å²) in [6, 6.07) is 17.0. The van der Waals surface area contributed by atoms with Crippen molar-refractivity contribution < 1.29 is 22.4 Å². The highest BCUT2D eigenvalue weighted by Gasteiger charge is 2.32. The minimum atomic E-state index is -4.17. The van der Waals surface area contributed by atoms with Crippen molar-refractivity contribution in [2.45, 2.75) is 31.3 Å². The van der Waals surface area contributed by atoms with Crippen LogP contribution in [0.25, 0.3) is 0 Å². The molecule has 0 aromatic heterocycles. The van der Waals surface area contributed by atoms with Gasteiger partial charge in [-0.25, -0.2) is 12.8 Å². The first-order valence-electron chi connectivity index (χ1n) is 11.1. The van der Waals surface area contributed by atoms with Crippen LogP contribution in [-0.2, 0) is 26.2 Å². The summed E-state index contributed by atoms with van der Waals surface area (Å²) in [5.41, 5.74) is 1.69. The number of nitrogens with zero attached hydrogens (tertiary/aromatic N) is 2. The Morgan fingerprint density at radius 2 is 1.67 bits per heavy atom. The van der Waals surface area contributed by atoms with Gasteiger partial charge in [0.05, 0.1) is 10.6 Å². The third kappa shape index (κ3) is 6.41. The molecule has 3 aromatic rings. The second kappa shape index (κ2) is 11.5. The maximum absolute atomic E-state index is 13.7. The molecule has 0 fully saturated rings. The van der Waals surface area contributed by atoms with E-state index in [1.54, 1.807) is 25.1 Å². The Labute approximate surface area is 215 Å². The standard InChI is InChI=1S/C26H27ClFN3O4S/c1-18-5-4-6-23(15-18)31(36(34,35)24-13-9-21(27)10-14-24)17-25(32)30(19(2)26(33)29-3)16-20-7-11-22(28)12-8-20/h4-15,19H,16-17H2,1-3H3,(H,29,33)/t19-/m0/s1. The first-order chi connectivity index (χ1) is 17.0. The normalized spacial score (nSPS) is 12.0. The van der Waals surface area contributed by atoms with E-state index in [9.17, 15) is 22.4 Å². The van der Waals surface area contributed by atoms with Crippen molar-refractivity contribution >= 4 is 39.1 Å². The first-order valence-corrected chi connectivity index (χ1v) is 12.9. The summed E-state index contributed by atoms with van der Waals surface area (Å²) < 4.78 is 41.7. The summed E-state index contributed by atoms with van der Waals surface area (Å²) in [6.45, 7) is 2.78. The Morgan fingerprint density at radius 1 is 1.03 bits per heavy atom. The second-order valence-corrected chi connectivity index (χ2v) is 10.5. The quantitative estimate of drug-likeness (QED) is 0.449. The number of halogens is 2. The molecule has 0 radical (unpaired) electrons. The van der Waals surface area contributed by atoms with Crippen LogP contribution in [0, 0.1) is 12.7 Å². The van der Waals surface area contributed by atoms with Gasteiger partial charge >= 0.3 is 0 Å². The van der Waals surface area contributed by atoms with Crippen LogP contribution in [0.2, 0.25) is 5.02 Å². The summed E-state index contributed by atoms with van der Waals surface area (Å²) in [4.78, 5) is 27.3. The lowest BCUT2D eigenvalue weighted by Gasteiger charge is -2.31. The van der Waals surface area contributed by atoms with Gasteiger partial charge in [0.15, 0.2) is 0 Å². The number of anilines is 1. The summed E-state index contributed by atoms with van der Waals surface area (Å²) in [5.74, 6) is -1.46. The molecule has 2 amide bonds. The Morgan fingerprint density at radius 3 is 2.25 bits per heavy atom. The largest absolute Gasteiger partial charge is 0.357 e. The number of benzene rings is 3. The average molecular weight is 532 g/mol. The van der Waals surface area contributed by atoms with Crippen molar-refractivity contribution in [1.29, 1.82) is 0 Å². The van der Waals surface area contributed by atoms with Crippen LogP contribution >= 0.6 is 11.6 Å². The molecule has 0 heterocycles. The number of carbonyl (C=O) groups is 2. The SMILES string of the molecule is CNC(=O)[C@H](C)N(Cc1ccc(F)cc1)C(=O)CN(c1cccc(C)c1)S(=O)(=O)c1ccc(Cl)cc1. The van der Waals surface area contributed by atoms with Crippen LogP contribution in [0.4, 0.5) is 10.1 Å². The minimum absolute atomic E-state index is 0.0175. The van der Waals surface area contributed by atoms with E-state index in [0.717, 1.165) is 9.87 Å². The smallest absolute Gasteiger partial charge is 0.264 e. The fraction of sp³-hybridized carbons (Fsp3) is 0.231. The molecule has 190 valence electrons. The van der Waals surface area contributed by atoms with E-state index in [0.29, 0.717) is 16.3 Å². The Bertz CT molecular complexity index is 1330. The number of rotatable bonds is 9. The lowest BCUT2D eigenvalue weighted by molar-refractivity contribution is -0.139. The number of hydrogen-bond donors (Lipinski definition) is 1. The topological polar surface area (TPSA) is 86.8 Å². The molecule has 1 atom stereocenters. The van der Waals surface area contributed by atoms with Gasteiger partial charge in [-0.1, -0.05) is 35.9 Å². The molecule has 0 saturated heterocycles. The molecule has 36 heavy (non-hydrogen) atoms. The van der Waals surface area contributed by atoms with Crippen molar-refractivity contribution in [3.63, 3.8) is 0 Å². The van der Waals surface area contributed by atoms with E-state index in [-0.39, 0.29) is 11.4 Å². The molecule has 0 bridgehead atoms. The van der Waals surface area contributed by atoms with Crippen LogP contribution in [0.5, 0.6) is 0 Å². The zero-order chi connectivity index (χ0) is 26.5. The zero-order valence-electron chi connectivity index (χ0n) is 20.1. The number of sulfonamides is 1. The Kier molecular flexibility index (Phi) is 8.70. The molecule has 0 saturated carbocycles. The molecule has 0 aliphatic rings. The minimum Gasteiger partial charge on any atom is -0.357 e. The summed E-state index contributed by atoms with van der Waals surface area (Å²) in [5, 5.41) is 2.88. The maximum atomic E-state index is 13.7. The number of amides is 2. The van der Waals surface area contributed by atoms with Gasteiger partial charge in [-0.15, -0.1) is 0 Å². The van der Waals surface area contributed by atoms with Gasteiger partial charge in [-0.2, -0.15) is 0 Å². The highest BCUT2D eigenvalue weighted by Crippen LogP contribution is 2.26. The van der Waals surface area contributed by atoms with Crippen molar-refractivity contribution in [3.05, 3.63) is 94.8 Å². The van der Waals surface area contributed by atoms with Gasteiger partial charge in [0.1, 0.15) is 18.4 Å². The van der Waals surface area contributed by atoms with Crippen molar-refractivity contribution in [3.8, 4) is 0 Å². The van der Waals surface area contributed by atoms with Gasteiger partial charge < -0.3 is 10.2 Å². The van der Waals surface area contributed by atoms with Crippen LogP contribution < -0.4 is 9.62 Å². The maximum Gasteiger partial charge on any atom is 0.264 e. The third-order valence-electron chi connectivity index (χ3n) is 5.65. The van der Waals surface area contributed by atoms with Gasteiger partial charge in [-0.05, 0) is 73.5 Å². The molecule has 7 nitrogen and oxygen atoms in total. The predicted octanol–water partition coefficient (Wildman–Crippen LogP) is 4.15. The molecular weight excluding hydrogens is 505 g/mol. The summed E-state index contributed by atoms with van der Waals surface area (Å²) in [6.07, 6.45) is 0. The van der Waals surface area contributed by atoms with E-state index in [4.69, 9.17) is 11.6 Å². The van der Waals surface area contributed by atoms with Crippen LogP contribution in [0.3, 0.4) is 0 Å². The van der Waals surface area contributed by atoms with Crippen molar-refractivity contribution in [2.24, 2.45) is 0 Å². The van der Waals surface area contributed by atoms with Crippen LogP contribution in [-0.4, -0.2) is 44.8 Å². The van der Waals surface area contributed by atoms with E-state index in [1.165, 1.54) is 60.5 Å². The lowest BCUT2D eigenvalue weighted by Crippen LogP contribution is -2.50. The molecule has 0 aliphatic heterocycles. The molecule has 0 spiro atoms. The first kappa shape index (κ1) is 27.2. The summed E-state index contributed by atoms with van der Waals surface area (Å²) in [7, 11) is -2.72. The van der Waals surface area contributed by atoms with Gasteiger partial charge in [0.25, 0.3) is 10.0 Å². The number of carbonyl (C=O) groups excluding carboxylic acids is 2. The van der Waals surface area contributed by atoms with Gasteiger partial charge in [-0.3, -0.25) is 13.9 Å². The van der Waals surface area contributed by atoms with E-state index in [2.05, 4.69) is 5.32 Å². The van der Waals surface area contributed by atoms with E-state index >= 15 is 0 Å². The Hall–Kier alpha value is -3.43. The average Bonchev–Trinajstić information content (AvgIpc) is 2.86. The monoisotopic (exact) mass is 531 g/mol. The van der Waals surface area contributed by atoms with Crippen LogP contribution in [0.15, 0.2) is 77.7 Å². The zero-order valence-corrected chi connectivity index (χ0v) is 21.7. The molecular formula is C26H27ClFN3O4S. The third-order valence-corrected chi connectivity index (χ3v) is 7.69. The lowest BCUT2D eigenvalue weighted by atomic mass is 10.1. The fourth-order valence-corrected chi connectivity index (χ4v) is 5.16. The molecule has 1 N–H and O–H groups in total. The van der Waals surface area contributed by atoms with E-state index < -0.39 is 40.2 Å². The summed E-state index contributed by atoms with van der Waals surface area (Å²) >= 11 is 5.94. The predicted molar refractivity (Wildman–Crippen MR) is 138 cm³/mol. The highest BCUT2D eigenvalue weighted by molar-refractivity contribution is 7.92. The highest BCUT2D eigenvalue weighted by atomic mass is 35.5. The van der Waals surface area contributed by atoms with Gasteiger partial charge in [0, 0.05) is 18.6 Å². The second-order valence-electron chi connectivity index (χ2n) is 8.24. The van der Waals surface area contributed by atoms with Crippen molar-refractivity contribution in [1.82, 2.24) is 10.2 Å². The molecule has 10 heteroatoms. The van der Waals surface area contributed by atoms with Crippen LogP contribution in [0.1, 0.15) is 18.1 Å².